The Morgan fingerprint density at radius 2 is 1.96 bits per heavy atom. The highest BCUT2D eigenvalue weighted by Gasteiger charge is 2.34. The van der Waals surface area contributed by atoms with Gasteiger partial charge in [-0.05, 0) is 63.4 Å². The fraction of sp³-hybridized carbons (Fsp3) is 0.667. The Bertz CT molecular complexity index is 856. The lowest BCUT2D eigenvalue weighted by atomic mass is 9.93. The van der Waals surface area contributed by atoms with E-state index >= 15 is 0 Å². The molecule has 2 aromatic heterocycles. The summed E-state index contributed by atoms with van der Waals surface area (Å²) in [6, 6.07) is 3.21. The summed E-state index contributed by atoms with van der Waals surface area (Å²) >= 11 is 1.69. The van der Waals surface area contributed by atoms with Crippen molar-refractivity contribution in [3.63, 3.8) is 0 Å². The van der Waals surface area contributed by atoms with Crippen LogP contribution in [0.2, 0.25) is 0 Å². The molecule has 0 unspecified atom stereocenters. The number of hydrogen-bond acceptors (Lipinski definition) is 6. The molecule has 1 amide bonds. The molecule has 5 rings (SSSR count). The van der Waals surface area contributed by atoms with Crippen LogP contribution in [-0.4, -0.2) is 59.0 Å². The number of aromatic nitrogens is 2. The second kappa shape index (κ2) is 7.59. The molecule has 6 nitrogen and oxygen atoms in total. The van der Waals surface area contributed by atoms with Gasteiger partial charge in [-0.3, -0.25) is 9.69 Å². The first-order valence-corrected chi connectivity index (χ1v) is 11.6. The van der Waals surface area contributed by atoms with Crippen molar-refractivity contribution in [2.45, 2.75) is 57.5 Å². The van der Waals surface area contributed by atoms with Crippen molar-refractivity contribution in [2.75, 3.05) is 31.1 Å². The van der Waals surface area contributed by atoms with E-state index < -0.39 is 0 Å². The minimum Gasteiger partial charge on any atom is -0.356 e. The molecule has 1 saturated carbocycles. The molecule has 150 valence electrons. The van der Waals surface area contributed by atoms with Crippen molar-refractivity contribution in [3.05, 3.63) is 17.3 Å². The summed E-state index contributed by atoms with van der Waals surface area (Å²) < 4.78 is 0. The number of rotatable bonds is 4. The number of likely N-dealkylation sites (tertiary alicyclic amines) is 1. The number of aryl methyl sites for hydroxylation is 1. The van der Waals surface area contributed by atoms with E-state index in [0.717, 1.165) is 68.3 Å². The Kier molecular flexibility index (Phi) is 4.97. The minimum absolute atomic E-state index is 0.183. The largest absolute Gasteiger partial charge is 0.356 e. The third-order valence-corrected chi connectivity index (χ3v) is 7.25. The zero-order valence-corrected chi connectivity index (χ0v) is 17.4. The van der Waals surface area contributed by atoms with E-state index in [1.165, 1.54) is 18.2 Å². The van der Waals surface area contributed by atoms with Crippen LogP contribution in [0.3, 0.4) is 0 Å². The number of anilines is 1. The van der Waals surface area contributed by atoms with E-state index in [9.17, 15) is 4.79 Å². The summed E-state index contributed by atoms with van der Waals surface area (Å²) in [7, 11) is 0. The van der Waals surface area contributed by atoms with Crippen molar-refractivity contribution in [3.8, 4) is 0 Å². The van der Waals surface area contributed by atoms with Crippen LogP contribution < -0.4 is 10.2 Å². The molecule has 1 N–H and O–H groups in total. The number of carbonyl (C=O) groups excluding carboxylic acids is 1. The van der Waals surface area contributed by atoms with Crippen LogP contribution in [0.4, 0.5) is 5.82 Å². The molecular formula is C21H29N5OS. The van der Waals surface area contributed by atoms with E-state index in [-0.39, 0.29) is 5.92 Å². The lowest BCUT2D eigenvalue weighted by Gasteiger charge is -2.42. The van der Waals surface area contributed by atoms with Crippen molar-refractivity contribution in [2.24, 2.45) is 5.92 Å². The maximum atomic E-state index is 12.5. The average molecular weight is 400 g/mol. The fourth-order valence-electron chi connectivity index (χ4n) is 4.73. The molecule has 0 bridgehead atoms. The van der Waals surface area contributed by atoms with Gasteiger partial charge in [0.1, 0.15) is 16.5 Å². The van der Waals surface area contributed by atoms with Gasteiger partial charge in [0.2, 0.25) is 5.91 Å². The quantitative estimate of drug-likeness (QED) is 0.856. The van der Waals surface area contributed by atoms with E-state index in [1.807, 2.05) is 6.92 Å². The highest BCUT2D eigenvalue weighted by atomic mass is 32.1. The van der Waals surface area contributed by atoms with Gasteiger partial charge in [-0.25, -0.2) is 9.97 Å². The smallest absolute Gasteiger partial charge is 0.224 e. The van der Waals surface area contributed by atoms with Gasteiger partial charge in [0.15, 0.2) is 0 Å². The number of fused-ring (bicyclic) bond motifs is 1. The Hall–Kier alpha value is -1.73. The van der Waals surface area contributed by atoms with Crippen LogP contribution in [0.15, 0.2) is 11.4 Å². The molecule has 7 heteroatoms. The molecule has 2 aromatic rings. The van der Waals surface area contributed by atoms with Gasteiger partial charge in [0.05, 0.1) is 11.3 Å². The second-order valence-corrected chi connectivity index (χ2v) is 9.46. The third kappa shape index (κ3) is 3.74. The summed E-state index contributed by atoms with van der Waals surface area (Å²) in [6.07, 6.45) is 6.81. The summed E-state index contributed by atoms with van der Waals surface area (Å²) in [5.74, 6) is 2.43. The van der Waals surface area contributed by atoms with Crippen LogP contribution >= 0.6 is 11.3 Å². The Morgan fingerprint density at radius 1 is 1.14 bits per heavy atom. The van der Waals surface area contributed by atoms with Crippen molar-refractivity contribution < 1.29 is 4.79 Å². The number of nitrogens with zero attached hydrogens (tertiary/aromatic N) is 4. The van der Waals surface area contributed by atoms with E-state index in [0.29, 0.717) is 18.0 Å². The highest BCUT2D eigenvalue weighted by molar-refractivity contribution is 7.16. The first-order chi connectivity index (χ1) is 13.7. The zero-order chi connectivity index (χ0) is 19.1. The normalized spacial score (nSPS) is 24.6. The first kappa shape index (κ1) is 18.3. The lowest BCUT2D eigenvalue weighted by molar-refractivity contribution is -0.127. The van der Waals surface area contributed by atoms with E-state index in [1.54, 1.807) is 11.3 Å². The minimum atomic E-state index is 0.183. The molecule has 2 saturated heterocycles. The van der Waals surface area contributed by atoms with Crippen molar-refractivity contribution in [1.29, 1.82) is 0 Å². The highest BCUT2D eigenvalue weighted by Crippen LogP contribution is 2.31. The number of piperidine rings is 2. The SMILES string of the molecule is Cc1nc(N2CCC(N3CCC[C@H](C(=O)NC4CC4)C3)CC2)c2ccsc2n1. The van der Waals surface area contributed by atoms with Gasteiger partial charge < -0.3 is 10.2 Å². The van der Waals surface area contributed by atoms with Crippen LogP contribution in [0.5, 0.6) is 0 Å². The van der Waals surface area contributed by atoms with Crippen molar-refractivity contribution in [1.82, 2.24) is 20.2 Å². The number of nitrogens with one attached hydrogen (secondary N) is 1. The molecule has 3 fully saturated rings. The molecule has 3 aliphatic rings. The molecular weight excluding hydrogens is 370 g/mol. The molecule has 0 spiro atoms. The number of hydrogen-bond donors (Lipinski definition) is 1. The second-order valence-electron chi connectivity index (χ2n) is 8.57. The summed E-state index contributed by atoms with van der Waals surface area (Å²) in [4.78, 5) is 27.9. The number of carbonyl (C=O) groups is 1. The van der Waals surface area contributed by atoms with E-state index in [4.69, 9.17) is 4.98 Å². The number of amides is 1. The summed E-state index contributed by atoms with van der Waals surface area (Å²) in [5, 5.41) is 6.50. The van der Waals surface area contributed by atoms with Gasteiger partial charge in [-0.15, -0.1) is 11.3 Å². The predicted molar refractivity (Wildman–Crippen MR) is 113 cm³/mol. The van der Waals surface area contributed by atoms with Gasteiger partial charge in [0.25, 0.3) is 0 Å². The summed E-state index contributed by atoms with van der Waals surface area (Å²) in [6.45, 7) is 6.11. The van der Waals surface area contributed by atoms with Gasteiger partial charge >= 0.3 is 0 Å². The topological polar surface area (TPSA) is 61.4 Å². The Labute approximate surface area is 170 Å². The maximum Gasteiger partial charge on any atom is 0.224 e. The maximum absolute atomic E-state index is 12.5. The van der Waals surface area contributed by atoms with Gasteiger partial charge in [0, 0.05) is 31.7 Å². The predicted octanol–water partition coefficient (Wildman–Crippen LogP) is 2.96. The Balaban J connectivity index is 1.21. The van der Waals surface area contributed by atoms with Gasteiger partial charge in [-0.2, -0.15) is 0 Å². The molecule has 2 aliphatic heterocycles. The van der Waals surface area contributed by atoms with Crippen LogP contribution in [-0.2, 0) is 4.79 Å². The zero-order valence-electron chi connectivity index (χ0n) is 16.6. The first-order valence-electron chi connectivity index (χ1n) is 10.7. The summed E-state index contributed by atoms with van der Waals surface area (Å²) in [5.41, 5.74) is 0. The van der Waals surface area contributed by atoms with Crippen molar-refractivity contribution >= 4 is 33.3 Å². The van der Waals surface area contributed by atoms with Crippen LogP contribution in [0, 0.1) is 12.8 Å². The third-order valence-electron chi connectivity index (χ3n) is 6.44. The Morgan fingerprint density at radius 3 is 2.75 bits per heavy atom. The average Bonchev–Trinajstić information content (AvgIpc) is 3.41. The molecule has 1 atom stereocenters. The molecule has 0 aromatic carbocycles. The monoisotopic (exact) mass is 399 g/mol. The molecule has 4 heterocycles. The van der Waals surface area contributed by atoms with Crippen LogP contribution in [0.25, 0.3) is 10.2 Å². The molecule has 0 radical (unpaired) electrons. The van der Waals surface area contributed by atoms with Crippen LogP contribution in [0.1, 0.15) is 44.3 Å². The van der Waals surface area contributed by atoms with E-state index in [2.05, 4.69) is 31.5 Å². The number of thiophene rings is 1. The lowest BCUT2D eigenvalue weighted by Crippen LogP contribution is -2.51. The standard InChI is InChI=1S/C21H29N5OS/c1-14-22-19(18-8-12-28-21(18)23-14)25-10-6-17(7-11-25)26-9-2-3-15(13-26)20(27)24-16-4-5-16/h8,12,15-17H,2-7,9-11,13H2,1H3,(H,24,27)/t15-/m0/s1. The molecule has 28 heavy (non-hydrogen) atoms. The molecule has 1 aliphatic carbocycles. The fourth-order valence-corrected chi connectivity index (χ4v) is 5.53. The van der Waals surface area contributed by atoms with Gasteiger partial charge in [-0.1, -0.05) is 0 Å².